The first-order valence-electron chi connectivity index (χ1n) is 9.02. The standard InChI is InChI=1S/C22H15N5OS/c28-21-17-5-1-2-6-18(17)25-22(29)27(21)24-13-15-9-11-16(12-10-15)26-14-23-19-7-3-4-8-20(19)26/h1-14H,(H,25,29)/b24-13-. The zero-order chi connectivity index (χ0) is 19.8. The minimum atomic E-state index is -0.248. The maximum atomic E-state index is 12.7. The lowest BCUT2D eigenvalue weighted by atomic mass is 10.2. The Hall–Kier alpha value is -3.84. The van der Waals surface area contributed by atoms with Crippen LogP contribution in [0.1, 0.15) is 5.56 Å². The molecule has 0 spiro atoms. The Kier molecular flexibility index (Phi) is 4.14. The fraction of sp³-hybridized carbons (Fsp3) is 0. The van der Waals surface area contributed by atoms with E-state index in [0.717, 1.165) is 22.3 Å². The van der Waals surface area contributed by atoms with Crippen molar-refractivity contribution in [2.45, 2.75) is 0 Å². The molecule has 0 saturated heterocycles. The number of imidazole rings is 1. The first kappa shape index (κ1) is 17.3. The zero-order valence-corrected chi connectivity index (χ0v) is 16.0. The summed E-state index contributed by atoms with van der Waals surface area (Å²) in [5.41, 5.74) is 4.29. The van der Waals surface area contributed by atoms with Gasteiger partial charge in [-0.15, -0.1) is 0 Å². The zero-order valence-electron chi connectivity index (χ0n) is 15.2. The summed E-state index contributed by atoms with van der Waals surface area (Å²) in [6.45, 7) is 0. The lowest BCUT2D eigenvalue weighted by Crippen LogP contribution is -2.18. The predicted octanol–water partition coefficient (Wildman–Crippen LogP) is 4.28. The predicted molar refractivity (Wildman–Crippen MR) is 117 cm³/mol. The molecular weight excluding hydrogens is 382 g/mol. The number of hydrogen-bond donors (Lipinski definition) is 1. The number of H-pyrrole nitrogens is 1. The number of benzene rings is 3. The highest BCUT2D eigenvalue weighted by molar-refractivity contribution is 7.71. The van der Waals surface area contributed by atoms with E-state index in [-0.39, 0.29) is 10.3 Å². The third-order valence-electron chi connectivity index (χ3n) is 4.73. The highest BCUT2D eigenvalue weighted by Crippen LogP contribution is 2.18. The molecule has 0 bridgehead atoms. The van der Waals surface area contributed by atoms with Gasteiger partial charge in [0.05, 0.1) is 28.2 Å². The van der Waals surface area contributed by atoms with Crippen molar-refractivity contribution in [3.8, 4) is 5.69 Å². The van der Waals surface area contributed by atoms with E-state index in [9.17, 15) is 4.79 Å². The van der Waals surface area contributed by atoms with Crippen LogP contribution >= 0.6 is 12.2 Å². The van der Waals surface area contributed by atoms with Crippen molar-refractivity contribution in [3.05, 3.63) is 99.8 Å². The Bertz CT molecular complexity index is 1490. The molecule has 0 aliphatic carbocycles. The van der Waals surface area contributed by atoms with Crippen LogP contribution in [-0.4, -0.2) is 25.4 Å². The molecule has 2 heterocycles. The molecule has 0 radical (unpaired) electrons. The number of aromatic nitrogens is 4. The molecule has 1 N–H and O–H groups in total. The summed E-state index contributed by atoms with van der Waals surface area (Å²) in [5, 5.41) is 4.83. The Balaban J connectivity index is 1.49. The number of nitrogens with zero attached hydrogens (tertiary/aromatic N) is 4. The second-order valence-electron chi connectivity index (χ2n) is 6.53. The molecule has 5 rings (SSSR count). The summed E-state index contributed by atoms with van der Waals surface area (Å²) in [6, 6.07) is 23.1. The lowest BCUT2D eigenvalue weighted by molar-refractivity contribution is 0.800. The molecule has 3 aromatic carbocycles. The van der Waals surface area contributed by atoms with Crippen molar-refractivity contribution in [2.24, 2.45) is 5.10 Å². The van der Waals surface area contributed by atoms with Crippen molar-refractivity contribution in [1.29, 1.82) is 0 Å². The van der Waals surface area contributed by atoms with Crippen molar-refractivity contribution >= 4 is 40.4 Å². The average molecular weight is 397 g/mol. The molecule has 140 valence electrons. The Morgan fingerprint density at radius 1 is 0.966 bits per heavy atom. The lowest BCUT2D eigenvalue weighted by Gasteiger charge is -2.05. The maximum absolute atomic E-state index is 12.7. The summed E-state index contributed by atoms with van der Waals surface area (Å²) in [6.07, 6.45) is 3.43. The molecule has 0 atom stereocenters. The van der Waals surface area contributed by atoms with Gasteiger partial charge in [-0.3, -0.25) is 9.36 Å². The molecule has 0 unspecified atom stereocenters. The van der Waals surface area contributed by atoms with Gasteiger partial charge >= 0.3 is 0 Å². The van der Waals surface area contributed by atoms with Crippen LogP contribution in [0.4, 0.5) is 0 Å². The van der Waals surface area contributed by atoms with E-state index in [1.807, 2.05) is 77.6 Å². The molecule has 7 heteroatoms. The number of rotatable bonds is 3. The van der Waals surface area contributed by atoms with Gasteiger partial charge in [-0.1, -0.05) is 36.4 Å². The Morgan fingerprint density at radius 2 is 1.72 bits per heavy atom. The topological polar surface area (TPSA) is 68.0 Å². The number of nitrogens with one attached hydrogen (secondary N) is 1. The van der Waals surface area contributed by atoms with E-state index in [1.54, 1.807) is 12.3 Å². The van der Waals surface area contributed by atoms with E-state index >= 15 is 0 Å². The molecule has 0 amide bonds. The summed E-state index contributed by atoms with van der Waals surface area (Å²) < 4.78 is 3.49. The third kappa shape index (κ3) is 3.07. The van der Waals surface area contributed by atoms with Gasteiger partial charge in [0.15, 0.2) is 0 Å². The van der Waals surface area contributed by atoms with E-state index in [0.29, 0.717) is 10.9 Å². The van der Waals surface area contributed by atoms with E-state index in [1.165, 1.54) is 4.68 Å². The molecule has 0 fully saturated rings. The molecule has 6 nitrogen and oxygen atoms in total. The molecule has 5 aromatic rings. The minimum Gasteiger partial charge on any atom is -0.330 e. The van der Waals surface area contributed by atoms with Gasteiger partial charge in [-0.25, -0.2) is 4.98 Å². The van der Waals surface area contributed by atoms with E-state index in [2.05, 4.69) is 15.1 Å². The number of aromatic amines is 1. The average Bonchev–Trinajstić information content (AvgIpc) is 3.18. The highest BCUT2D eigenvalue weighted by atomic mass is 32.1. The van der Waals surface area contributed by atoms with Crippen molar-refractivity contribution in [3.63, 3.8) is 0 Å². The van der Waals surface area contributed by atoms with Crippen LogP contribution in [0.2, 0.25) is 0 Å². The van der Waals surface area contributed by atoms with Gasteiger partial charge in [-0.2, -0.15) is 9.78 Å². The second kappa shape index (κ2) is 6.96. The molecule has 0 aliphatic rings. The van der Waals surface area contributed by atoms with Gasteiger partial charge in [0, 0.05) is 5.69 Å². The van der Waals surface area contributed by atoms with Crippen LogP contribution in [0.5, 0.6) is 0 Å². The van der Waals surface area contributed by atoms with Gasteiger partial charge in [0.25, 0.3) is 5.56 Å². The maximum Gasteiger partial charge on any atom is 0.282 e. The summed E-state index contributed by atoms with van der Waals surface area (Å²) in [7, 11) is 0. The molecular formula is C22H15N5OS. The fourth-order valence-electron chi connectivity index (χ4n) is 3.27. The van der Waals surface area contributed by atoms with Gasteiger partial charge < -0.3 is 4.98 Å². The normalized spacial score (nSPS) is 11.6. The molecule has 29 heavy (non-hydrogen) atoms. The van der Waals surface area contributed by atoms with Crippen molar-refractivity contribution in [1.82, 2.24) is 19.2 Å². The van der Waals surface area contributed by atoms with Crippen molar-refractivity contribution < 1.29 is 0 Å². The molecule has 0 saturated carbocycles. The van der Waals surface area contributed by atoms with Crippen LogP contribution in [0.25, 0.3) is 27.6 Å². The smallest absolute Gasteiger partial charge is 0.282 e. The first-order valence-corrected chi connectivity index (χ1v) is 9.42. The van der Waals surface area contributed by atoms with Gasteiger partial charge in [0.2, 0.25) is 4.77 Å². The summed E-state index contributed by atoms with van der Waals surface area (Å²) in [5.74, 6) is 0. The third-order valence-corrected chi connectivity index (χ3v) is 5.01. The van der Waals surface area contributed by atoms with Crippen LogP contribution < -0.4 is 5.56 Å². The largest absolute Gasteiger partial charge is 0.330 e. The quantitative estimate of drug-likeness (QED) is 0.365. The minimum absolute atomic E-state index is 0.248. The second-order valence-corrected chi connectivity index (χ2v) is 6.92. The van der Waals surface area contributed by atoms with Gasteiger partial charge in [0.1, 0.15) is 6.33 Å². The highest BCUT2D eigenvalue weighted by Gasteiger charge is 2.05. The van der Waals surface area contributed by atoms with E-state index in [4.69, 9.17) is 12.2 Å². The Labute approximate surface area is 170 Å². The first-order chi connectivity index (χ1) is 14.2. The fourth-order valence-corrected chi connectivity index (χ4v) is 3.51. The monoisotopic (exact) mass is 397 g/mol. The van der Waals surface area contributed by atoms with Crippen LogP contribution in [0.3, 0.4) is 0 Å². The number of fused-ring (bicyclic) bond motifs is 2. The number of para-hydroxylation sites is 3. The Morgan fingerprint density at radius 3 is 2.59 bits per heavy atom. The molecule has 2 aromatic heterocycles. The summed E-state index contributed by atoms with van der Waals surface area (Å²) >= 11 is 5.29. The number of hydrogen-bond acceptors (Lipinski definition) is 4. The SMILES string of the molecule is O=c1c2ccccc2[nH]c(=S)n1/N=C\c1ccc(-n2cnc3ccccc32)cc1. The molecule has 0 aliphatic heterocycles. The van der Waals surface area contributed by atoms with Crippen LogP contribution in [-0.2, 0) is 0 Å². The van der Waals surface area contributed by atoms with E-state index < -0.39 is 0 Å². The van der Waals surface area contributed by atoms with Gasteiger partial charge in [-0.05, 0) is 54.2 Å². The van der Waals surface area contributed by atoms with Crippen LogP contribution in [0, 0.1) is 4.77 Å². The summed E-state index contributed by atoms with van der Waals surface area (Å²) in [4.78, 5) is 20.1. The van der Waals surface area contributed by atoms with Crippen LogP contribution in [0.15, 0.2) is 89.0 Å². The van der Waals surface area contributed by atoms with Crippen molar-refractivity contribution in [2.75, 3.05) is 0 Å².